The molecule has 6 nitrogen and oxygen atoms in total. The van der Waals surface area contributed by atoms with Crippen molar-refractivity contribution in [2.24, 2.45) is 10.2 Å². The van der Waals surface area contributed by atoms with E-state index in [1.807, 2.05) is 47.4 Å². The first kappa shape index (κ1) is 23.4. The van der Waals surface area contributed by atoms with Crippen molar-refractivity contribution in [2.75, 3.05) is 18.1 Å². The monoisotopic (exact) mass is 450 g/mol. The summed E-state index contributed by atoms with van der Waals surface area (Å²) in [5, 5.41) is 17.9. The number of hydrogen-bond acceptors (Lipinski definition) is 5. The van der Waals surface area contributed by atoms with Gasteiger partial charge in [0.05, 0.1) is 12.8 Å². The largest absolute Gasteiger partial charge is 0.492 e. The fourth-order valence-electron chi connectivity index (χ4n) is 3.48. The molecule has 3 rings (SSSR count). The molecule has 2 aromatic carbocycles. The van der Waals surface area contributed by atoms with Crippen LogP contribution in [0.5, 0.6) is 0 Å². The second-order valence-electron chi connectivity index (χ2n) is 7.14. The number of fused-ring (bicyclic) bond motifs is 1. The molecule has 0 amide bonds. The van der Waals surface area contributed by atoms with Crippen LogP contribution in [0.15, 0.2) is 76.6 Å². The topological polar surface area (TPSA) is 74.5 Å². The minimum Gasteiger partial charge on any atom is -0.492 e. The molecule has 1 aliphatic rings. The van der Waals surface area contributed by atoms with Crippen LogP contribution in [0, 0.1) is 0 Å². The van der Waals surface area contributed by atoms with Crippen molar-refractivity contribution in [2.45, 2.75) is 26.2 Å². The van der Waals surface area contributed by atoms with Gasteiger partial charge in [0.15, 0.2) is 0 Å². The molecule has 0 spiro atoms. The standard InChI is InChI=1S/C23H25N3O3.Co/c1-4-29-21(27)16-26-19-13-9-8-12-18(19)23(2,3)20(26)14-15-24-25-22(28)17-10-6-5-7-11-17;/h5-15H,4,16H2,1-3H3,(H,25,28);/b20-14-,24-15+;. The summed E-state index contributed by atoms with van der Waals surface area (Å²) < 4.78 is 5.15. The van der Waals surface area contributed by atoms with Gasteiger partial charge in [0.2, 0.25) is 5.90 Å². The van der Waals surface area contributed by atoms with Crippen LogP contribution in [-0.4, -0.2) is 36.3 Å². The molecule has 0 aromatic heterocycles. The van der Waals surface area contributed by atoms with Gasteiger partial charge in [-0.2, -0.15) is 5.10 Å². The molecule has 1 radical (unpaired) electrons. The number of benzene rings is 2. The van der Waals surface area contributed by atoms with Crippen molar-refractivity contribution in [1.82, 2.24) is 0 Å². The van der Waals surface area contributed by atoms with E-state index in [1.165, 1.54) is 6.21 Å². The third-order valence-electron chi connectivity index (χ3n) is 4.88. The second kappa shape index (κ2) is 10.2. The molecule has 0 fully saturated rings. The smallest absolute Gasteiger partial charge is 0.325 e. The van der Waals surface area contributed by atoms with E-state index in [-0.39, 0.29) is 40.6 Å². The number of carbonyl (C=O) groups excluding carboxylic acids is 1. The number of esters is 1. The van der Waals surface area contributed by atoms with Crippen LogP contribution in [0.2, 0.25) is 0 Å². The molecule has 1 heterocycles. The van der Waals surface area contributed by atoms with Crippen LogP contribution in [0.1, 0.15) is 31.9 Å². The van der Waals surface area contributed by atoms with E-state index in [0.29, 0.717) is 12.2 Å². The summed E-state index contributed by atoms with van der Waals surface area (Å²) in [6.07, 6.45) is 3.35. The molecule has 159 valence electrons. The van der Waals surface area contributed by atoms with E-state index < -0.39 is 0 Å². The van der Waals surface area contributed by atoms with Crippen LogP contribution in [-0.2, 0) is 31.7 Å². The van der Waals surface area contributed by atoms with E-state index in [9.17, 15) is 9.90 Å². The first-order chi connectivity index (χ1) is 13.9. The van der Waals surface area contributed by atoms with Gasteiger partial charge in [-0.15, -0.1) is 5.10 Å². The number of para-hydroxylation sites is 1. The van der Waals surface area contributed by atoms with Crippen molar-refractivity contribution >= 4 is 23.8 Å². The SMILES string of the molecule is CCOC(=O)CN1\C(=C/C=N/N=C(\O)c2ccccc2)C(C)(C)c2ccccc21.[Co]. The number of allylic oxidation sites excluding steroid dienone is 2. The van der Waals surface area contributed by atoms with Gasteiger partial charge in [0.25, 0.3) is 0 Å². The third-order valence-corrected chi connectivity index (χ3v) is 4.88. The Morgan fingerprint density at radius 1 is 1.13 bits per heavy atom. The maximum Gasteiger partial charge on any atom is 0.325 e. The number of rotatable bonds is 6. The predicted octanol–water partition coefficient (Wildman–Crippen LogP) is 4.22. The quantitative estimate of drug-likeness (QED) is 0.310. The molecule has 7 heteroatoms. The third kappa shape index (κ3) is 4.98. The Morgan fingerprint density at radius 3 is 2.50 bits per heavy atom. The van der Waals surface area contributed by atoms with Gasteiger partial charge in [-0.05, 0) is 36.8 Å². The van der Waals surface area contributed by atoms with Crippen molar-refractivity contribution in [3.63, 3.8) is 0 Å². The average molecular weight is 450 g/mol. The molecule has 0 aliphatic carbocycles. The van der Waals surface area contributed by atoms with Gasteiger partial charge in [-0.1, -0.05) is 50.2 Å². The molecule has 0 unspecified atom stereocenters. The van der Waals surface area contributed by atoms with Crippen LogP contribution >= 0.6 is 0 Å². The van der Waals surface area contributed by atoms with Crippen molar-refractivity contribution in [3.05, 3.63) is 77.5 Å². The molecular weight excluding hydrogens is 425 g/mol. The number of anilines is 1. The first-order valence-corrected chi connectivity index (χ1v) is 9.54. The Kier molecular flexibility index (Phi) is 7.97. The number of ether oxygens (including phenoxy) is 1. The summed E-state index contributed by atoms with van der Waals surface area (Å²) in [6.45, 7) is 6.45. The van der Waals surface area contributed by atoms with E-state index in [2.05, 4.69) is 30.1 Å². The molecule has 1 N–H and O–H groups in total. The summed E-state index contributed by atoms with van der Waals surface area (Å²) in [4.78, 5) is 14.1. The van der Waals surface area contributed by atoms with E-state index in [4.69, 9.17) is 4.74 Å². The number of hydrogen-bond donors (Lipinski definition) is 1. The van der Waals surface area contributed by atoms with Gasteiger partial charge in [0, 0.05) is 39.1 Å². The van der Waals surface area contributed by atoms with E-state index >= 15 is 0 Å². The number of nitrogens with zero attached hydrogens (tertiary/aromatic N) is 3. The zero-order valence-electron chi connectivity index (χ0n) is 17.2. The number of carbonyl (C=O) groups is 1. The van der Waals surface area contributed by atoms with Crippen molar-refractivity contribution in [1.29, 1.82) is 0 Å². The summed E-state index contributed by atoms with van der Waals surface area (Å²) in [5.41, 5.74) is 3.28. The summed E-state index contributed by atoms with van der Waals surface area (Å²) in [7, 11) is 0. The van der Waals surface area contributed by atoms with Crippen molar-refractivity contribution in [3.8, 4) is 0 Å². The molecule has 0 bridgehead atoms. The molecule has 0 atom stereocenters. The predicted molar refractivity (Wildman–Crippen MR) is 116 cm³/mol. The Bertz CT molecular complexity index is 969. The fraction of sp³-hybridized carbons (Fsp3) is 0.261. The number of aliphatic hydroxyl groups excluding tert-OH is 1. The van der Waals surface area contributed by atoms with E-state index in [1.54, 1.807) is 19.1 Å². The van der Waals surface area contributed by atoms with Gasteiger partial charge in [0.1, 0.15) is 6.54 Å². The van der Waals surface area contributed by atoms with Crippen LogP contribution in [0.3, 0.4) is 0 Å². The Morgan fingerprint density at radius 2 is 1.80 bits per heavy atom. The van der Waals surface area contributed by atoms with Gasteiger partial charge in [-0.3, -0.25) is 4.79 Å². The van der Waals surface area contributed by atoms with Gasteiger partial charge in [-0.25, -0.2) is 0 Å². The fourth-order valence-corrected chi connectivity index (χ4v) is 3.48. The molecule has 1 aliphatic heterocycles. The summed E-state index contributed by atoms with van der Waals surface area (Å²) in [6, 6.07) is 17.0. The number of aliphatic hydroxyl groups is 1. The Balaban J connectivity index is 0.00000320. The molecule has 30 heavy (non-hydrogen) atoms. The minimum absolute atomic E-state index is 0. The molecule has 0 saturated heterocycles. The van der Waals surface area contributed by atoms with Crippen molar-refractivity contribution < 1.29 is 31.4 Å². The minimum atomic E-state index is -0.319. The zero-order valence-corrected chi connectivity index (χ0v) is 18.2. The van der Waals surface area contributed by atoms with Crippen LogP contribution in [0.4, 0.5) is 5.69 Å². The van der Waals surface area contributed by atoms with E-state index in [0.717, 1.165) is 16.9 Å². The average Bonchev–Trinajstić information content (AvgIpc) is 2.93. The normalized spacial score (nSPS) is 16.4. The molecule has 0 saturated carbocycles. The second-order valence-corrected chi connectivity index (χ2v) is 7.14. The summed E-state index contributed by atoms with van der Waals surface area (Å²) in [5.74, 6) is -0.444. The zero-order chi connectivity index (χ0) is 20.9. The van der Waals surface area contributed by atoms with Crippen LogP contribution in [0.25, 0.3) is 0 Å². The molecule has 2 aromatic rings. The van der Waals surface area contributed by atoms with Gasteiger partial charge < -0.3 is 14.7 Å². The van der Waals surface area contributed by atoms with Crippen LogP contribution < -0.4 is 4.90 Å². The maximum absolute atomic E-state index is 12.2. The maximum atomic E-state index is 12.2. The molecular formula is C23H25CoN3O3. The Hall–Kier alpha value is -2.90. The Labute approximate surface area is 187 Å². The van der Waals surface area contributed by atoms with Gasteiger partial charge >= 0.3 is 5.97 Å². The first-order valence-electron chi connectivity index (χ1n) is 9.54. The summed E-state index contributed by atoms with van der Waals surface area (Å²) >= 11 is 0.